The molecule has 0 unspecified atom stereocenters. The lowest BCUT2D eigenvalue weighted by Gasteiger charge is -2.43. The number of amides is 3. The molecule has 2 heterocycles. The molecule has 262 valence electrons. The maximum atomic E-state index is 13.2. The van der Waals surface area contributed by atoms with Gasteiger partial charge in [0, 0.05) is 13.0 Å². The monoisotopic (exact) mass is 641 g/mol. The number of hydrogen-bond acceptors (Lipinski definition) is 8. The second-order valence-electron chi connectivity index (χ2n) is 12.9. The maximum absolute atomic E-state index is 13.2. The first kappa shape index (κ1) is 39.2. The summed E-state index contributed by atoms with van der Waals surface area (Å²) < 4.78 is 10.8. The highest BCUT2D eigenvalue weighted by atomic mass is 16.6. The molecular formula is C34H63N3O8. The number of unbranched alkanes of at least 4 members (excludes halogenated alkanes) is 17. The van der Waals surface area contributed by atoms with Crippen molar-refractivity contribution in [1.29, 1.82) is 0 Å². The number of aliphatic hydroxyl groups excluding tert-OH is 3. The number of fused-ring (bicyclic) bond motifs is 1. The Morgan fingerprint density at radius 2 is 1.29 bits per heavy atom. The Labute approximate surface area is 271 Å². The summed E-state index contributed by atoms with van der Waals surface area (Å²) in [4.78, 5) is 39.4. The van der Waals surface area contributed by atoms with Crippen molar-refractivity contribution in [2.24, 2.45) is 0 Å². The normalized spacial score (nSPS) is 23.4. The van der Waals surface area contributed by atoms with Crippen molar-refractivity contribution < 1.29 is 39.2 Å². The van der Waals surface area contributed by atoms with Crippen LogP contribution in [0.25, 0.3) is 0 Å². The highest BCUT2D eigenvalue weighted by Crippen LogP contribution is 2.30. The number of aliphatic hydroxyl groups is 3. The van der Waals surface area contributed by atoms with Gasteiger partial charge < -0.3 is 35.4 Å². The number of cyclic esters (lactones) is 1. The SMILES string of the molecule is CCCCCCCCCCCCNC(=O)[C@H](CO[C@@H]1[C@H](O)[C@@H](O)[C@@H](O)[C@H]2COC(=O)N21)NC(=O)CCCCCCCCCCC. The second kappa shape index (κ2) is 23.4. The van der Waals surface area contributed by atoms with Gasteiger partial charge in [0.25, 0.3) is 0 Å². The van der Waals surface area contributed by atoms with Crippen LogP contribution in [0.2, 0.25) is 0 Å². The third-order valence-corrected chi connectivity index (χ3v) is 9.03. The number of nitrogens with zero attached hydrogens (tertiary/aromatic N) is 1. The average molecular weight is 642 g/mol. The van der Waals surface area contributed by atoms with Crippen LogP contribution in [0.3, 0.4) is 0 Å². The van der Waals surface area contributed by atoms with Crippen LogP contribution in [0.15, 0.2) is 0 Å². The van der Waals surface area contributed by atoms with E-state index in [2.05, 4.69) is 24.5 Å². The van der Waals surface area contributed by atoms with Crippen molar-refractivity contribution in [2.45, 2.75) is 179 Å². The lowest BCUT2D eigenvalue weighted by atomic mass is 9.94. The van der Waals surface area contributed by atoms with E-state index in [0.29, 0.717) is 6.54 Å². The largest absolute Gasteiger partial charge is 0.447 e. The third-order valence-electron chi connectivity index (χ3n) is 9.03. The van der Waals surface area contributed by atoms with Crippen LogP contribution in [0.1, 0.15) is 142 Å². The van der Waals surface area contributed by atoms with E-state index < -0.39 is 48.6 Å². The fraction of sp³-hybridized carbons (Fsp3) is 0.912. The van der Waals surface area contributed by atoms with E-state index in [-0.39, 0.29) is 25.5 Å². The van der Waals surface area contributed by atoms with Crippen molar-refractivity contribution in [3.63, 3.8) is 0 Å². The third kappa shape index (κ3) is 14.6. The van der Waals surface area contributed by atoms with Crippen LogP contribution in [0.4, 0.5) is 4.79 Å². The lowest BCUT2D eigenvalue weighted by molar-refractivity contribution is -0.212. The molecule has 6 atom stereocenters. The molecule has 2 aliphatic heterocycles. The van der Waals surface area contributed by atoms with Crippen LogP contribution in [0.5, 0.6) is 0 Å². The molecule has 11 heteroatoms. The summed E-state index contributed by atoms with van der Waals surface area (Å²) in [5.41, 5.74) is 0. The minimum absolute atomic E-state index is 0.151. The molecule has 0 saturated carbocycles. The Morgan fingerprint density at radius 3 is 1.84 bits per heavy atom. The van der Waals surface area contributed by atoms with E-state index >= 15 is 0 Å². The second-order valence-corrected chi connectivity index (χ2v) is 12.9. The molecule has 2 fully saturated rings. The van der Waals surface area contributed by atoms with Gasteiger partial charge in [0.05, 0.1) is 6.61 Å². The molecule has 0 radical (unpaired) electrons. The summed E-state index contributed by atoms with van der Waals surface area (Å²) in [6, 6.07) is -1.93. The molecule has 3 amide bonds. The molecular weight excluding hydrogens is 578 g/mol. The zero-order chi connectivity index (χ0) is 32.9. The Morgan fingerprint density at radius 1 is 0.778 bits per heavy atom. The van der Waals surface area contributed by atoms with Gasteiger partial charge in [-0.1, -0.05) is 123 Å². The van der Waals surface area contributed by atoms with Crippen LogP contribution >= 0.6 is 0 Å². The van der Waals surface area contributed by atoms with E-state index in [4.69, 9.17) is 9.47 Å². The minimum Gasteiger partial charge on any atom is -0.447 e. The van der Waals surface area contributed by atoms with E-state index in [1.165, 1.54) is 77.0 Å². The molecule has 2 saturated heterocycles. The Bertz CT molecular complexity index is 831. The Balaban J connectivity index is 1.82. The minimum atomic E-state index is -1.62. The van der Waals surface area contributed by atoms with Crippen molar-refractivity contribution in [1.82, 2.24) is 15.5 Å². The topological polar surface area (TPSA) is 158 Å². The van der Waals surface area contributed by atoms with Gasteiger partial charge in [-0.2, -0.15) is 0 Å². The number of piperidine rings is 1. The Kier molecular flexibility index (Phi) is 20.4. The predicted octanol–water partition coefficient (Wildman–Crippen LogP) is 4.69. The average Bonchev–Trinajstić information content (AvgIpc) is 3.42. The number of carbonyl (C=O) groups excluding carboxylic acids is 3. The predicted molar refractivity (Wildman–Crippen MR) is 173 cm³/mol. The smallest absolute Gasteiger partial charge is 0.412 e. The molecule has 0 aromatic carbocycles. The molecule has 45 heavy (non-hydrogen) atoms. The van der Waals surface area contributed by atoms with Crippen LogP contribution < -0.4 is 10.6 Å². The van der Waals surface area contributed by atoms with Gasteiger partial charge in [-0.15, -0.1) is 0 Å². The number of hydrogen-bond donors (Lipinski definition) is 5. The quantitative estimate of drug-likeness (QED) is 0.0852. The number of nitrogens with one attached hydrogen (secondary N) is 2. The summed E-state index contributed by atoms with van der Waals surface area (Å²) in [5.74, 6) is -0.670. The van der Waals surface area contributed by atoms with Crippen molar-refractivity contribution in [2.75, 3.05) is 19.8 Å². The Hall–Kier alpha value is -1.95. The fourth-order valence-corrected chi connectivity index (χ4v) is 6.13. The molecule has 5 N–H and O–H groups in total. The van der Waals surface area contributed by atoms with E-state index in [1.807, 2.05) is 0 Å². The summed E-state index contributed by atoms with van der Waals surface area (Å²) in [7, 11) is 0. The molecule has 0 aromatic heterocycles. The summed E-state index contributed by atoms with van der Waals surface area (Å²) in [6.45, 7) is 4.42. The van der Waals surface area contributed by atoms with Crippen LogP contribution in [-0.4, -0.2) is 94.5 Å². The first-order valence-corrected chi connectivity index (χ1v) is 18.0. The van der Waals surface area contributed by atoms with E-state index in [1.54, 1.807) is 0 Å². The summed E-state index contributed by atoms with van der Waals surface area (Å²) in [6.07, 6.45) is 15.6. The first-order valence-electron chi connectivity index (χ1n) is 18.0. The highest BCUT2D eigenvalue weighted by Gasteiger charge is 2.54. The number of carbonyl (C=O) groups is 3. The maximum Gasteiger partial charge on any atom is 0.412 e. The first-order chi connectivity index (χ1) is 21.8. The van der Waals surface area contributed by atoms with Crippen molar-refractivity contribution in [3.05, 3.63) is 0 Å². The van der Waals surface area contributed by atoms with Crippen molar-refractivity contribution >= 4 is 17.9 Å². The van der Waals surface area contributed by atoms with Gasteiger partial charge in [-0.25, -0.2) is 4.79 Å². The van der Waals surface area contributed by atoms with Crippen molar-refractivity contribution in [3.8, 4) is 0 Å². The van der Waals surface area contributed by atoms with E-state index in [9.17, 15) is 29.7 Å². The van der Waals surface area contributed by atoms with Crippen LogP contribution in [-0.2, 0) is 19.1 Å². The number of rotatable bonds is 26. The lowest BCUT2D eigenvalue weighted by Crippen LogP contribution is -2.66. The van der Waals surface area contributed by atoms with Gasteiger partial charge in [0.1, 0.15) is 37.0 Å². The molecule has 2 aliphatic rings. The van der Waals surface area contributed by atoms with Gasteiger partial charge in [0.2, 0.25) is 11.8 Å². The van der Waals surface area contributed by atoms with Gasteiger partial charge in [0.15, 0.2) is 6.23 Å². The molecule has 0 spiro atoms. The standard InChI is InChI=1S/C34H63N3O8/c1-3-5-7-9-11-13-15-17-19-21-23-35-32(42)26(36-28(38)22-20-18-16-14-12-10-8-6-4-2)24-44-33-31(41)30(40)29(39)27-25-45-34(43)37(27)33/h26-27,29-31,33,39-41H,3-25H2,1-2H3,(H,35,42)(H,36,38)/t26-,27+,29-,30-,31+,33+/m0/s1. The summed E-state index contributed by atoms with van der Waals surface area (Å²) in [5, 5.41) is 36.9. The number of ether oxygens (including phenoxy) is 2. The fourth-order valence-electron chi connectivity index (χ4n) is 6.13. The molecule has 2 rings (SSSR count). The van der Waals surface area contributed by atoms with E-state index in [0.717, 1.165) is 49.8 Å². The molecule has 0 aliphatic carbocycles. The summed E-state index contributed by atoms with van der Waals surface area (Å²) >= 11 is 0. The highest BCUT2D eigenvalue weighted by molar-refractivity contribution is 5.87. The molecule has 11 nitrogen and oxygen atoms in total. The molecule has 0 aromatic rings. The van der Waals surface area contributed by atoms with Gasteiger partial charge >= 0.3 is 6.09 Å². The zero-order valence-corrected chi connectivity index (χ0v) is 28.1. The zero-order valence-electron chi connectivity index (χ0n) is 28.1. The molecule has 0 bridgehead atoms. The van der Waals surface area contributed by atoms with Gasteiger partial charge in [-0.05, 0) is 12.8 Å². The van der Waals surface area contributed by atoms with Gasteiger partial charge in [-0.3, -0.25) is 14.5 Å². The van der Waals surface area contributed by atoms with Crippen LogP contribution in [0, 0.1) is 0 Å².